The molecule has 0 saturated carbocycles. The van der Waals surface area contributed by atoms with E-state index in [0.717, 1.165) is 17.1 Å². The van der Waals surface area contributed by atoms with Crippen LogP contribution in [0.1, 0.15) is 50.8 Å². The number of nitrogens with one attached hydrogen (secondary N) is 1. The minimum absolute atomic E-state index is 0.00713. The van der Waals surface area contributed by atoms with E-state index in [2.05, 4.69) is 17.4 Å². The molecule has 0 heterocycles. The van der Waals surface area contributed by atoms with E-state index in [-0.39, 0.29) is 17.4 Å². The number of amides is 2. The highest BCUT2D eigenvalue weighted by atomic mass is 32.2. The van der Waals surface area contributed by atoms with E-state index in [1.807, 2.05) is 77.1 Å². The van der Waals surface area contributed by atoms with Crippen molar-refractivity contribution in [3.8, 4) is 0 Å². The minimum atomic E-state index is -0.530. The lowest BCUT2D eigenvalue weighted by Gasteiger charge is -2.31. The maximum absolute atomic E-state index is 13.1. The minimum Gasteiger partial charge on any atom is -0.350 e. The maximum Gasteiger partial charge on any atom is 0.242 e. The normalized spacial score (nSPS) is 12.3. The molecule has 2 aromatic carbocycles. The smallest absolute Gasteiger partial charge is 0.242 e. The van der Waals surface area contributed by atoms with Gasteiger partial charge in [-0.1, -0.05) is 60.2 Å². The summed E-state index contributed by atoms with van der Waals surface area (Å²) in [5.41, 5.74) is 3.12. The number of nitrogens with zero attached hydrogens (tertiary/aromatic N) is 1. The average molecular weight is 427 g/mol. The van der Waals surface area contributed by atoms with Gasteiger partial charge in [0.1, 0.15) is 6.04 Å². The zero-order valence-electron chi connectivity index (χ0n) is 18.8. The summed E-state index contributed by atoms with van der Waals surface area (Å²) >= 11 is 1.74. The van der Waals surface area contributed by atoms with E-state index < -0.39 is 6.04 Å². The fourth-order valence-corrected chi connectivity index (χ4v) is 3.91. The predicted octanol–water partition coefficient (Wildman–Crippen LogP) is 4.95. The van der Waals surface area contributed by atoms with Crippen molar-refractivity contribution in [1.29, 1.82) is 0 Å². The lowest BCUT2D eigenvalue weighted by atomic mass is 10.1. The molecule has 0 fully saturated rings. The molecule has 5 heteroatoms. The topological polar surface area (TPSA) is 49.4 Å². The molecule has 30 heavy (non-hydrogen) atoms. The van der Waals surface area contributed by atoms with Gasteiger partial charge in [0, 0.05) is 30.0 Å². The van der Waals surface area contributed by atoms with Crippen molar-refractivity contribution in [3.63, 3.8) is 0 Å². The van der Waals surface area contributed by atoms with Crippen molar-refractivity contribution >= 4 is 23.6 Å². The van der Waals surface area contributed by atoms with E-state index in [1.165, 1.54) is 11.1 Å². The van der Waals surface area contributed by atoms with Crippen molar-refractivity contribution in [3.05, 3.63) is 71.3 Å². The molecule has 0 aromatic heterocycles. The van der Waals surface area contributed by atoms with Crippen LogP contribution in [-0.4, -0.2) is 34.0 Å². The summed E-state index contributed by atoms with van der Waals surface area (Å²) < 4.78 is 0. The van der Waals surface area contributed by atoms with Crippen LogP contribution in [0, 0.1) is 6.92 Å². The number of hydrogen-bond donors (Lipinski definition) is 1. The van der Waals surface area contributed by atoms with Crippen LogP contribution in [0.2, 0.25) is 0 Å². The Morgan fingerprint density at radius 3 is 2.23 bits per heavy atom. The van der Waals surface area contributed by atoms with Crippen LogP contribution < -0.4 is 5.32 Å². The molecule has 0 unspecified atom stereocenters. The Balaban J connectivity index is 2.02. The van der Waals surface area contributed by atoms with Crippen LogP contribution >= 0.6 is 11.8 Å². The summed E-state index contributed by atoms with van der Waals surface area (Å²) in [5, 5.41) is 3.00. The highest BCUT2D eigenvalue weighted by molar-refractivity contribution is 7.98. The highest BCUT2D eigenvalue weighted by Crippen LogP contribution is 2.17. The van der Waals surface area contributed by atoms with E-state index in [1.54, 1.807) is 16.7 Å². The molecule has 1 atom stereocenters. The fraction of sp³-hybridized carbons (Fsp3) is 0.440. The van der Waals surface area contributed by atoms with Crippen molar-refractivity contribution in [2.24, 2.45) is 0 Å². The molecular weight excluding hydrogens is 392 g/mol. The first kappa shape index (κ1) is 24.0. The Bertz CT molecular complexity index is 813. The van der Waals surface area contributed by atoms with E-state index >= 15 is 0 Å². The van der Waals surface area contributed by atoms with Gasteiger partial charge in [-0.25, -0.2) is 0 Å². The van der Waals surface area contributed by atoms with Crippen molar-refractivity contribution in [2.45, 2.75) is 64.9 Å². The van der Waals surface area contributed by atoms with Crippen LogP contribution in [0.15, 0.2) is 54.6 Å². The molecule has 2 amide bonds. The maximum atomic E-state index is 13.1. The van der Waals surface area contributed by atoms with Crippen LogP contribution in [0.4, 0.5) is 0 Å². The molecule has 0 radical (unpaired) electrons. The van der Waals surface area contributed by atoms with Gasteiger partial charge in [0.25, 0.3) is 0 Å². The molecule has 0 aliphatic carbocycles. The van der Waals surface area contributed by atoms with E-state index in [9.17, 15) is 9.59 Å². The second-order valence-electron chi connectivity index (χ2n) is 8.71. The van der Waals surface area contributed by atoms with Gasteiger partial charge in [-0.15, -0.1) is 0 Å². The third kappa shape index (κ3) is 8.23. The Hall–Kier alpha value is -2.27. The van der Waals surface area contributed by atoms with Gasteiger partial charge < -0.3 is 10.2 Å². The van der Waals surface area contributed by atoms with Gasteiger partial charge in [-0.3, -0.25) is 9.59 Å². The summed E-state index contributed by atoms with van der Waals surface area (Å²) in [6.45, 7) is 10.1. The molecule has 0 saturated heterocycles. The fourth-order valence-electron chi connectivity index (χ4n) is 3.01. The third-order valence-corrected chi connectivity index (χ3v) is 5.74. The van der Waals surface area contributed by atoms with Gasteiger partial charge in [0.05, 0.1) is 0 Å². The standard InChI is InChI=1S/C25H34N2O2S/c1-19-11-13-21(14-12-19)17-27(20(2)24(29)26-25(3,4)5)23(28)15-16-30-18-22-9-7-6-8-10-22/h6-14,20H,15-18H2,1-5H3,(H,26,29)/t20-/m1/s1. The van der Waals surface area contributed by atoms with Crippen LogP contribution in [0.3, 0.4) is 0 Å². The Morgan fingerprint density at radius 2 is 1.63 bits per heavy atom. The first-order valence-electron chi connectivity index (χ1n) is 10.4. The zero-order valence-corrected chi connectivity index (χ0v) is 19.6. The van der Waals surface area contributed by atoms with Gasteiger partial charge in [-0.2, -0.15) is 11.8 Å². The third-order valence-electron chi connectivity index (χ3n) is 4.71. The number of carbonyl (C=O) groups is 2. The van der Waals surface area contributed by atoms with E-state index in [0.29, 0.717) is 13.0 Å². The van der Waals surface area contributed by atoms with E-state index in [4.69, 9.17) is 0 Å². The van der Waals surface area contributed by atoms with Gasteiger partial charge in [-0.05, 0) is 45.7 Å². The lowest BCUT2D eigenvalue weighted by molar-refractivity contribution is -0.140. The number of carbonyl (C=O) groups excluding carboxylic acids is 2. The summed E-state index contributed by atoms with van der Waals surface area (Å²) in [7, 11) is 0. The first-order chi connectivity index (χ1) is 14.2. The summed E-state index contributed by atoms with van der Waals surface area (Å²) in [6, 6.07) is 17.8. The number of rotatable bonds is 9. The van der Waals surface area contributed by atoms with Crippen LogP contribution in [0.5, 0.6) is 0 Å². The number of aryl methyl sites for hydroxylation is 1. The Labute approximate surface area is 185 Å². The zero-order chi connectivity index (χ0) is 22.1. The average Bonchev–Trinajstić information content (AvgIpc) is 2.69. The molecular formula is C25H34N2O2S. The SMILES string of the molecule is Cc1ccc(CN(C(=O)CCSCc2ccccc2)[C@H](C)C(=O)NC(C)(C)C)cc1. The molecule has 162 valence electrons. The highest BCUT2D eigenvalue weighted by Gasteiger charge is 2.28. The molecule has 0 bridgehead atoms. The Morgan fingerprint density at radius 1 is 1.00 bits per heavy atom. The van der Waals surface area contributed by atoms with Crippen molar-refractivity contribution < 1.29 is 9.59 Å². The van der Waals surface area contributed by atoms with Crippen LogP contribution in [0.25, 0.3) is 0 Å². The molecule has 2 aromatic rings. The Kier molecular flexibility index (Phi) is 8.97. The van der Waals surface area contributed by atoms with Gasteiger partial charge >= 0.3 is 0 Å². The summed E-state index contributed by atoms with van der Waals surface area (Å²) in [5.74, 6) is 1.49. The molecule has 0 aliphatic heterocycles. The number of thioether (sulfide) groups is 1. The largest absolute Gasteiger partial charge is 0.350 e. The lowest BCUT2D eigenvalue weighted by Crippen LogP contribution is -2.52. The molecule has 2 rings (SSSR count). The monoisotopic (exact) mass is 426 g/mol. The summed E-state index contributed by atoms with van der Waals surface area (Å²) in [4.78, 5) is 27.5. The molecule has 0 spiro atoms. The summed E-state index contributed by atoms with van der Waals surface area (Å²) in [6.07, 6.45) is 0.413. The predicted molar refractivity (Wildman–Crippen MR) is 126 cm³/mol. The number of benzene rings is 2. The van der Waals surface area contributed by atoms with Gasteiger partial charge in [0.15, 0.2) is 0 Å². The van der Waals surface area contributed by atoms with Crippen molar-refractivity contribution in [2.75, 3.05) is 5.75 Å². The molecule has 0 aliphatic rings. The first-order valence-corrected chi connectivity index (χ1v) is 11.6. The van der Waals surface area contributed by atoms with Crippen molar-refractivity contribution in [1.82, 2.24) is 10.2 Å². The second kappa shape index (κ2) is 11.2. The quantitative estimate of drug-likeness (QED) is 0.577. The van der Waals surface area contributed by atoms with Crippen LogP contribution in [-0.2, 0) is 21.9 Å². The molecule has 4 nitrogen and oxygen atoms in total. The second-order valence-corrected chi connectivity index (χ2v) is 9.82. The van der Waals surface area contributed by atoms with Gasteiger partial charge in [0.2, 0.25) is 11.8 Å². The molecule has 1 N–H and O–H groups in total. The number of hydrogen-bond acceptors (Lipinski definition) is 3.